The van der Waals surface area contributed by atoms with Gasteiger partial charge in [-0.05, 0) is 27.1 Å². The molecule has 1 aliphatic rings. The van der Waals surface area contributed by atoms with Crippen LogP contribution in [0.1, 0.15) is 12.8 Å². The monoisotopic (exact) mass is 268 g/mol. The van der Waals surface area contributed by atoms with Gasteiger partial charge in [0.1, 0.15) is 5.25 Å². The van der Waals surface area contributed by atoms with E-state index in [-0.39, 0.29) is 18.9 Å². The molecule has 0 bridgehead atoms. The molecule has 7 heteroatoms. The Hall–Kier alpha value is -0.330. The molecule has 1 atom stereocenters. The lowest BCUT2D eigenvalue weighted by Gasteiger charge is -2.17. The molecule has 1 saturated heterocycles. The molecule has 1 rings (SSSR count). The molecule has 1 aliphatic heterocycles. The van der Waals surface area contributed by atoms with E-state index in [1.807, 2.05) is 19.0 Å². The summed E-state index contributed by atoms with van der Waals surface area (Å²) in [6.45, 7) is 1.71. The Morgan fingerprint density at radius 2 is 2.12 bits per heavy atom. The van der Waals surface area contributed by atoms with Gasteiger partial charge in [-0.1, -0.05) is 0 Å². The molecule has 0 aromatic heterocycles. The number of rotatable bonds is 5. The smallest absolute Gasteiger partial charge is 0.237 e. The largest absolute Gasteiger partial charge is 0.341 e. The van der Waals surface area contributed by atoms with E-state index in [1.54, 1.807) is 4.90 Å². The lowest BCUT2D eigenvalue weighted by molar-refractivity contribution is -0.127. The highest BCUT2D eigenvalue weighted by atomic mass is 35.7. The van der Waals surface area contributed by atoms with Crippen molar-refractivity contribution in [2.45, 2.75) is 18.1 Å². The zero-order valence-corrected chi connectivity index (χ0v) is 11.1. The van der Waals surface area contributed by atoms with Gasteiger partial charge in [-0.3, -0.25) is 4.79 Å². The van der Waals surface area contributed by atoms with Crippen LogP contribution in [-0.4, -0.2) is 63.1 Å². The molecule has 0 aromatic rings. The first-order chi connectivity index (χ1) is 7.30. The van der Waals surface area contributed by atoms with Gasteiger partial charge in [0.05, 0.1) is 0 Å². The second-order valence-corrected chi connectivity index (χ2v) is 7.21. The highest BCUT2D eigenvalue weighted by Crippen LogP contribution is 2.21. The minimum atomic E-state index is -3.61. The number of hydrogen-bond donors (Lipinski definition) is 0. The van der Waals surface area contributed by atoms with Gasteiger partial charge < -0.3 is 9.80 Å². The molecule has 1 heterocycles. The summed E-state index contributed by atoms with van der Waals surface area (Å²) < 4.78 is 22.2. The number of hydrogen-bond acceptors (Lipinski definition) is 4. The molecule has 0 N–H and O–H groups in total. The molecule has 1 unspecified atom stereocenters. The van der Waals surface area contributed by atoms with Crippen molar-refractivity contribution in [3.63, 3.8) is 0 Å². The number of amides is 1. The van der Waals surface area contributed by atoms with Crippen LogP contribution in [0.2, 0.25) is 0 Å². The molecule has 1 fully saturated rings. The highest BCUT2D eigenvalue weighted by Gasteiger charge is 2.36. The third-order valence-electron chi connectivity index (χ3n) is 2.61. The summed E-state index contributed by atoms with van der Waals surface area (Å²) in [6.07, 6.45) is 0.863. The van der Waals surface area contributed by atoms with Crippen molar-refractivity contribution in [3.05, 3.63) is 0 Å². The summed E-state index contributed by atoms with van der Waals surface area (Å²) in [7, 11) is 5.54. The normalized spacial score (nSPS) is 22.1. The quantitative estimate of drug-likeness (QED) is 0.664. The van der Waals surface area contributed by atoms with Crippen LogP contribution >= 0.6 is 10.7 Å². The first kappa shape index (κ1) is 13.7. The van der Waals surface area contributed by atoms with E-state index in [4.69, 9.17) is 10.7 Å². The van der Waals surface area contributed by atoms with Gasteiger partial charge in [0.15, 0.2) is 0 Å². The average Bonchev–Trinajstić information content (AvgIpc) is 2.46. The first-order valence-corrected chi connectivity index (χ1v) is 7.54. The van der Waals surface area contributed by atoms with Crippen LogP contribution in [0.4, 0.5) is 0 Å². The van der Waals surface area contributed by atoms with Crippen molar-refractivity contribution in [3.8, 4) is 0 Å². The fourth-order valence-corrected chi connectivity index (χ4v) is 2.78. The molecule has 16 heavy (non-hydrogen) atoms. The molecule has 1 amide bonds. The van der Waals surface area contributed by atoms with E-state index in [1.165, 1.54) is 0 Å². The third kappa shape index (κ3) is 3.92. The van der Waals surface area contributed by atoms with Crippen LogP contribution in [0, 0.1) is 0 Å². The Morgan fingerprint density at radius 3 is 2.56 bits per heavy atom. The first-order valence-electron chi connectivity index (χ1n) is 5.16. The lowest BCUT2D eigenvalue weighted by atomic mass is 10.4. The zero-order valence-electron chi connectivity index (χ0n) is 9.52. The van der Waals surface area contributed by atoms with Crippen molar-refractivity contribution in [1.29, 1.82) is 0 Å². The van der Waals surface area contributed by atoms with Gasteiger partial charge in [0.25, 0.3) is 0 Å². The van der Waals surface area contributed by atoms with Crippen molar-refractivity contribution < 1.29 is 13.2 Å². The maximum absolute atomic E-state index is 11.5. The lowest BCUT2D eigenvalue weighted by Crippen LogP contribution is -2.30. The van der Waals surface area contributed by atoms with Gasteiger partial charge >= 0.3 is 0 Å². The Labute approximate surface area is 101 Å². The van der Waals surface area contributed by atoms with Gasteiger partial charge in [-0.2, -0.15) is 0 Å². The summed E-state index contributed by atoms with van der Waals surface area (Å²) in [4.78, 5) is 15.1. The van der Waals surface area contributed by atoms with Crippen LogP contribution < -0.4 is 0 Å². The third-order valence-corrected chi connectivity index (χ3v) is 4.48. The van der Waals surface area contributed by atoms with Crippen LogP contribution in [0.25, 0.3) is 0 Å². The molecular weight excluding hydrogens is 252 g/mol. The van der Waals surface area contributed by atoms with Gasteiger partial charge in [0, 0.05) is 30.2 Å². The Balaban J connectivity index is 2.43. The van der Waals surface area contributed by atoms with Crippen molar-refractivity contribution in [2.24, 2.45) is 0 Å². The molecule has 0 spiro atoms. The Kier molecular flexibility index (Phi) is 4.58. The van der Waals surface area contributed by atoms with E-state index in [0.717, 1.165) is 13.0 Å². The summed E-state index contributed by atoms with van der Waals surface area (Å²) in [5.74, 6) is -0.118. The molecular formula is C9H17ClN2O3S. The minimum Gasteiger partial charge on any atom is -0.341 e. The van der Waals surface area contributed by atoms with Crippen LogP contribution in [0.3, 0.4) is 0 Å². The minimum absolute atomic E-state index is 0.0216. The average molecular weight is 269 g/mol. The topological polar surface area (TPSA) is 57.7 Å². The number of likely N-dealkylation sites (tertiary alicyclic amines) is 1. The second kappa shape index (κ2) is 5.33. The SMILES string of the molecule is CN(C)CCCN1CC(S(=O)(=O)Cl)CC1=O. The number of nitrogens with zero attached hydrogens (tertiary/aromatic N) is 2. The summed E-state index contributed by atoms with van der Waals surface area (Å²) in [6, 6.07) is 0. The number of carbonyl (C=O) groups excluding carboxylic acids is 1. The number of carbonyl (C=O) groups is 1. The molecule has 5 nitrogen and oxygen atoms in total. The summed E-state index contributed by atoms with van der Waals surface area (Å²) >= 11 is 0. The van der Waals surface area contributed by atoms with Gasteiger partial charge in [-0.25, -0.2) is 8.42 Å². The molecule has 0 saturated carbocycles. The second-order valence-electron chi connectivity index (χ2n) is 4.30. The maximum Gasteiger partial charge on any atom is 0.237 e. The predicted molar refractivity (Wildman–Crippen MR) is 62.9 cm³/mol. The summed E-state index contributed by atoms with van der Waals surface area (Å²) in [5.41, 5.74) is 0. The van der Waals surface area contributed by atoms with Crippen LogP contribution in [0.5, 0.6) is 0 Å². The van der Waals surface area contributed by atoms with E-state index in [2.05, 4.69) is 0 Å². The summed E-state index contributed by atoms with van der Waals surface area (Å²) in [5, 5.41) is -0.735. The highest BCUT2D eigenvalue weighted by molar-refractivity contribution is 8.14. The van der Waals surface area contributed by atoms with Crippen molar-refractivity contribution in [1.82, 2.24) is 9.80 Å². The van der Waals surface area contributed by atoms with E-state index in [0.29, 0.717) is 6.54 Å². The molecule has 0 radical (unpaired) electrons. The Bertz CT molecular complexity index is 356. The predicted octanol–water partition coefficient (Wildman–Crippen LogP) is 0.108. The van der Waals surface area contributed by atoms with Gasteiger partial charge in [0.2, 0.25) is 15.0 Å². The fourth-order valence-electron chi connectivity index (χ4n) is 1.72. The van der Waals surface area contributed by atoms with Gasteiger partial charge in [-0.15, -0.1) is 0 Å². The maximum atomic E-state index is 11.5. The van der Waals surface area contributed by atoms with Crippen molar-refractivity contribution in [2.75, 3.05) is 33.7 Å². The standard InChI is InChI=1S/C9H17ClN2O3S/c1-11(2)4-3-5-12-7-8(6-9(12)13)16(10,14)15/h8H,3-7H2,1-2H3. The van der Waals surface area contributed by atoms with Crippen LogP contribution in [-0.2, 0) is 13.8 Å². The molecule has 94 valence electrons. The van der Waals surface area contributed by atoms with Crippen molar-refractivity contribution >= 4 is 25.6 Å². The van der Waals surface area contributed by atoms with E-state index >= 15 is 0 Å². The van der Waals surface area contributed by atoms with E-state index < -0.39 is 14.3 Å². The number of halogens is 1. The van der Waals surface area contributed by atoms with Crippen LogP contribution in [0.15, 0.2) is 0 Å². The molecule has 0 aromatic carbocycles. The van der Waals surface area contributed by atoms with E-state index in [9.17, 15) is 13.2 Å². The fraction of sp³-hybridized carbons (Fsp3) is 0.889. The Morgan fingerprint density at radius 1 is 1.50 bits per heavy atom. The molecule has 0 aliphatic carbocycles. The zero-order chi connectivity index (χ0) is 12.3.